The van der Waals surface area contributed by atoms with Crippen LogP contribution in [0, 0.1) is 6.92 Å². The molecule has 1 aliphatic carbocycles. The fourth-order valence-electron chi connectivity index (χ4n) is 1.71. The third-order valence-electron chi connectivity index (χ3n) is 2.66. The summed E-state index contributed by atoms with van der Waals surface area (Å²) >= 11 is 0. The van der Waals surface area contributed by atoms with Gasteiger partial charge in [-0.1, -0.05) is 17.3 Å². The highest BCUT2D eigenvalue weighted by Crippen LogP contribution is 2.11. The van der Waals surface area contributed by atoms with Gasteiger partial charge in [0.15, 0.2) is 0 Å². The summed E-state index contributed by atoms with van der Waals surface area (Å²) in [6.45, 7) is 2.82. The first-order chi connectivity index (χ1) is 6.86. The number of aryl methyl sites for hydroxylation is 1. The van der Waals surface area contributed by atoms with Gasteiger partial charge < -0.3 is 9.84 Å². The number of hydrogen-bond acceptors (Lipinski definition) is 3. The molecular formula is C11H16N2O. The monoisotopic (exact) mass is 192 g/mol. The van der Waals surface area contributed by atoms with E-state index in [9.17, 15) is 0 Å². The fourth-order valence-corrected chi connectivity index (χ4v) is 1.71. The van der Waals surface area contributed by atoms with Gasteiger partial charge in [-0.3, -0.25) is 0 Å². The maximum Gasteiger partial charge on any atom is 0.128 e. The van der Waals surface area contributed by atoms with Crippen molar-refractivity contribution in [1.82, 2.24) is 10.5 Å². The summed E-state index contributed by atoms with van der Waals surface area (Å²) in [5.74, 6) is 0. The second-order valence-corrected chi connectivity index (χ2v) is 3.77. The first kappa shape index (κ1) is 9.46. The zero-order valence-corrected chi connectivity index (χ0v) is 8.49. The molecule has 0 fully saturated rings. The summed E-state index contributed by atoms with van der Waals surface area (Å²) in [6, 6.07) is 0.526. The van der Waals surface area contributed by atoms with Gasteiger partial charge in [0.05, 0.1) is 5.69 Å². The largest absolute Gasteiger partial charge is 0.364 e. The number of aromatic nitrogens is 1. The highest BCUT2D eigenvalue weighted by Gasteiger charge is 2.09. The Morgan fingerprint density at radius 3 is 3.21 bits per heavy atom. The van der Waals surface area contributed by atoms with E-state index in [0.717, 1.165) is 17.8 Å². The average molecular weight is 192 g/mol. The lowest BCUT2D eigenvalue weighted by Gasteiger charge is -2.17. The average Bonchev–Trinajstić information content (AvgIpc) is 2.63. The second-order valence-electron chi connectivity index (χ2n) is 3.77. The molecule has 0 aliphatic heterocycles. The first-order valence-electron chi connectivity index (χ1n) is 5.16. The summed E-state index contributed by atoms with van der Waals surface area (Å²) in [4.78, 5) is 0. The van der Waals surface area contributed by atoms with Crippen LogP contribution in [0.5, 0.6) is 0 Å². The van der Waals surface area contributed by atoms with Crippen molar-refractivity contribution < 1.29 is 4.52 Å². The smallest absolute Gasteiger partial charge is 0.128 e. The van der Waals surface area contributed by atoms with E-state index in [1.165, 1.54) is 19.3 Å². The lowest BCUT2D eigenvalue weighted by molar-refractivity contribution is 0.413. The molecule has 0 amide bonds. The zero-order chi connectivity index (χ0) is 9.80. The maximum absolute atomic E-state index is 4.88. The van der Waals surface area contributed by atoms with Gasteiger partial charge in [-0.15, -0.1) is 0 Å². The van der Waals surface area contributed by atoms with Gasteiger partial charge in [-0.2, -0.15) is 0 Å². The van der Waals surface area contributed by atoms with Crippen molar-refractivity contribution in [2.24, 2.45) is 0 Å². The van der Waals surface area contributed by atoms with Crippen molar-refractivity contribution >= 4 is 0 Å². The summed E-state index contributed by atoms with van der Waals surface area (Å²) in [7, 11) is 0. The molecule has 1 unspecified atom stereocenters. The van der Waals surface area contributed by atoms with Gasteiger partial charge >= 0.3 is 0 Å². The van der Waals surface area contributed by atoms with Crippen molar-refractivity contribution in [3.8, 4) is 0 Å². The molecule has 3 nitrogen and oxygen atoms in total. The molecule has 0 saturated carbocycles. The van der Waals surface area contributed by atoms with E-state index >= 15 is 0 Å². The van der Waals surface area contributed by atoms with E-state index < -0.39 is 0 Å². The number of allylic oxidation sites excluding steroid dienone is 1. The van der Waals surface area contributed by atoms with Crippen LogP contribution in [-0.2, 0) is 6.54 Å². The summed E-state index contributed by atoms with van der Waals surface area (Å²) in [5.41, 5.74) is 2.14. The molecular weight excluding hydrogens is 176 g/mol. The molecule has 1 aromatic heterocycles. The molecule has 0 aromatic carbocycles. The molecule has 2 rings (SSSR count). The van der Waals surface area contributed by atoms with Crippen molar-refractivity contribution in [1.29, 1.82) is 0 Å². The predicted octanol–water partition coefficient (Wildman–Crippen LogP) is 2.18. The molecule has 0 bridgehead atoms. The summed E-state index contributed by atoms with van der Waals surface area (Å²) in [5, 5.41) is 7.33. The molecule has 0 radical (unpaired) electrons. The van der Waals surface area contributed by atoms with Gasteiger partial charge in [0.1, 0.15) is 6.26 Å². The van der Waals surface area contributed by atoms with Crippen LogP contribution in [0.3, 0.4) is 0 Å². The number of nitrogens with zero attached hydrogens (tertiary/aromatic N) is 1. The number of hydrogen-bond donors (Lipinski definition) is 1. The SMILES string of the molecule is Cc1nocc1CNC1C=CCCC1. The fraction of sp³-hybridized carbons (Fsp3) is 0.545. The lowest BCUT2D eigenvalue weighted by Crippen LogP contribution is -2.27. The Morgan fingerprint density at radius 2 is 2.57 bits per heavy atom. The van der Waals surface area contributed by atoms with Crippen molar-refractivity contribution in [2.45, 2.75) is 38.8 Å². The van der Waals surface area contributed by atoms with Crippen LogP contribution in [0.25, 0.3) is 0 Å². The lowest BCUT2D eigenvalue weighted by atomic mass is 10.0. The molecule has 0 spiro atoms. The van der Waals surface area contributed by atoms with E-state index in [2.05, 4.69) is 22.6 Å². The molecule has 1 atom stereocenters. The summed E-state index contributed by atoms with van der Waals surface area (Å²) < 4.78 is 4.88. The highest BCUT2D eigenvalue weighted by atomic mass is 16.5. The minimum atomic E-state index is 0.526. The summed E-state index contributed by atoms with van der Waals surface area (Å²) in [6.07, 6.45) is 9.98. The molecule has 14 heavy (non-hydrogen) atoms. The topological polar surface area (TPSA) is 38.1 Å². The predicted molar refractivity (Wildman–Crippen MR) is 54.9 cm³/mol. The van der Waals surface area contributed by atoms with Gasteiger partial charge in [-0.25, -0.2) is 0 Å². The Bertz CT molecular complexity index is 317. The van der Waals surface area contributed by atoms with E-state index in [1.54, 1.807) is 6.26 Å². The van der Waals surface area contributed by atoms with Crippen molar-refractivity contribution in [2.75, 3.05) is 0 Å². The van der Waals surface area contributed by atoms with E-state index in [1.807, 2.05) is 6.92 Å². The quantitative estimate of drug-likeness (QED) is 0.746. The molecule has 3 heteroatoms. The van der Waals surface area contributed by atoms with Gasteiger partial charge in [0.25, 0.3) is 0 Å². The minimum absolute atomic E-state index is 0.526. The van der Waals surface area contributed by atoms with Crippen molar-refractivity contribution in [3.63, 3.8) is 0 Å². The molecule has 0 saturated heterocycles. The third-order valence-corrected chi connectivity index (χ3v) is 2.66. The number of nitrogens with one attached hydrogen (secondary N) is 1. The maximum atomic E-state index is 4.88. The standard InChI is InChI=1S/C11H16N2O/c1-9-10(8-14-13-9)7-12-11-5-3-2-4-6-11/h3,5,8,11-12H,2,4,6-7H2,1H3. The minimum Gasteiger partial charge on any atom is -0.364 e. The molecule has 1 aromatic rings. The van der Waals surface area contributed by atoms with E-state index in [4.69, 9.17) is 4.52 Å². The molecule has 1 heterocycles. The third kappa shape index (κ3) is 2.23. The van der Waals surface area contributed by atoms with Crippen LogP contribution in [-0.4, -0.2) is 11.2 Å². The van der Waals surface area contributed by atoms with Gasteiger partial charge in [0.2, 0.25) is 0 Å². The Balaban J connectivity index is 1.85. The van der Waals surface area contributed by atoms with Crippen LogP contribution in [0.1, 0.15) is 30.5 Å². The van der Waals surface area contributed by atoms with Crippen LogP contribution in [0.2, 0.25) is 0 Å². The Hall–Kier alpha value is -1.09. The second kappa shape index (κ2) is 4.42. The van der Waals surface area contributed by atoms with Gasteiger partial charge in [-0.05, 0) is 26.2 Å². The Labute approximate surface area is 84.2 Å². The Kier molecular flexibility index (Phi) is 2.99. The van der Waals surface area contributed by atoms with Crippen LogP contribution in [0.15, 0.2) is 22.9 Å². The molecule has 76 valence electrons. The van der Waals surface area contributed by atoms with Crippen molar-refractivity contribution in [3.05, 3.63) is 29.7 Å². The van der Waals surface area contributed by atoms with Crippen LogP contribution < -0.4 is 5.32 Å². The zero-order valence-electron chi connectivity index (χ0n) is 8.49. The highest BCUT2D eigenvalue weighted by molar-refractivity contribution is 5.12. The van der Waals surface area contributed by atoms with Gasteiger partial charge in [0, 0.05) is 18.2 Å². The molecule has 1 N–H and O–H groups in total. The Morgan fingerprint density at radius 1 is 1.64 bits per heavy atom. The first-order valence-corrected chi connectivity index (χ1v) is 5.16. The number of rotatable bonds is 3. The van der Waals surface area contributed by atoms with E-state index in [-0.39, 0.29) is 0 Å². The van der Waals surface area contributed by atoms with E-state index in [0.29, 0.717) is 6.04 Å². The van der Waals surface area contributed by atoms with Crippen LogP contribution in [0.4, 0.5) is 0 Å². The molecule has 1 aliphatic rings. The normalized spacial score (nSPS) is 21.4. The van der Waals surface area contributed by atoms with Crippen LogP contribution >= 0.6 is 0 Å².